The van der Waals surface area contributed by atoms with Gasteiger partial charge in [-0.25, -0.2) is 9.59 Å². The van der Waals surface area contributed by atoms with Crippen LogP contribution >= 0.6 is 0 Å². The molecule has 0 radical (unpaired) electrons. The summed E-state index contributed by atoms with van der Waals surface area (Å²) in [6.45, 7) is 6.94. The van der Waals surface area contributed by atoms with Crippen molar-refractivity contribution >= 4 is 11.8 Å². The Balaban J connectivity index is 1.65. The number of hydrogen-bond donors (Lipinski definition) is 1. The molecular weight excluding hydrogens is 348 g/mol. The molecule has 0 bridgehead atoms. The molecule has 1 unspecified atom stereocenters. The van der Waals surface area contributed by atoms with Gasteiger partial charge >= 0.3 is 11.8 Å². The van der Waals surface area contributed by atoms with Gasteiger partial charge in [0.25, 0.3) is 0 Å². The van der Waals surface area contributed by atoms with Crippen molar-refractivity contribution in [3.63, 3.8) is 0 Å². The Kier molecular flexibility index (Phi) is 5.25. The molecule has 27 heavy (non-hydrogen) atoms. The number of carbonyl (C=O) groups is 1. The third-order valence-electron chi connectivity index (χ3n) is 4.35. The average molecular weight is 374 g/mol. The van der Waals surface area contributed by atoms with E-state index in [1.165, 1.54) is 0 Å². The van der Waals surface area contributed by atoms with Crippen molar-refractivity contribution in [2.24, 2.45) is 7.05 Å². The monoisotopic (exact) mass is 374 g/mol. The molecule has 3 rings (SSSR count). The Morgan fingerprint density at radius 3 is 2.85 bits per heavy atom. The number of carbonyl (C=O) groups excluding carboxylic acids is 1. The fourth-order valence-electron chi connectivity index (χ4n) is 3.07. The summed E-state index contributed by atoms with van der Waals surface area (Å²) in [6.07, 6.45) is 1.63. The van der Waals surface area contributed by atoms with Crippen LogP contribution in [0.1, 0.15) is 33.6 Å². The van der Waals surface area contributed by atoms with Crippen molar-refractivity contribution in [1.29, 1.82) is 0 Å². The predicted octanol–water partition coefficient (Wildman–Crippen LogP) is 2.85. The first-order valence-electron chi connectivity index (χ1n) is 9.11. The number of likely N-dealkylation sites (tertiary alicyclic amines) is 1. The maximum atomic E-state index is 12.4. The molecule has 0 aliphatic carbocycles. The van der Waals surface area contributed by atoms with E-state index in [4.69, 9.17) is 9.15 Å². The number of anilines is 1. The first-order valence-corrected chi connectivity index (χ1v) is 9.11. The minimum atomic E-state index is -0.501. The highest BCUT2D eigenvalue weighted by atomic mass is 16.6. The topological polar surface area (TPSA) is 89.6 Å². The normalized spacial score (nSPS) is 17.2. The number of nitrogens with one attached hydrogen (secondary N) is 1. The number of amides is 1. The zero-order valence-electron chi connectivity index (χ0n) is 16.2. The fourth-order valence-corrected chi connectivity index (χ4v) is 3.07. The van der Waals surface area contributed by atoms with Crippen LogP contribution in [-0.2, 0) is 11.8 Å². The highest BCUT2D eigenvalue weighted by Gasteiger charge is 2.31. The summed E-state index contributed by atoms with van der Waals surface area (Å²) in [5.74, 6) is -0.218. The van der Waals surface area contributed by atoms with Crippen molar-refractivity contribution < 1.29 is 13.9 Å². The molecule has 2 aromatic rings. The molecule has 8 heteroatoms. The predicted molar refractivity (Wildman–Crippen MR) is 102 cm³/mol. The minimum Gasteiger partial charge on any atom is -0.444 e. The molecule has 1 aliphatic rings. The van der Waals surface area contributed by atoms with E-state index in [9.17, 15) is 9.59 Å². The Morgan fingerprint density at radius 2 is 2.19 bits per heavy atom. The van der Waals surface area contributed by atoms with Crippen molar-refractivity contribution in [2.75, 3.05) is 18.4 Å². The summed E-state index contributed by atoms with van der Waals surface area (Å²) in [5, 5.41) is 7.43. The number of aryl methyl sites for hydroxylation is 1. The van der Waals surface area contributed by atoms with Crippen LogP contribution in [-0.4, -0.2) is 45.5 Å². The molecule has 1 N–H and O–H groups in total. The van der Waals surface area contributed by atoms with Crippen LogP contribution in [0.4, 0.5) is 10.5 Å². The highest BCUT2D eigenvalue weighted by molar-refractivity contribution is 5.69. The lowest BCUT2D eigenvalue weighted by atomic mass is 10.1. The van der Waals surface area contributed by atoms with Crippen LogP contribution < -0.4 is 11.1 Å². The van der Waals surface area contributed by atoms with Crippen molar-refractivity contribution in [3.8, 4) is 11.5 Å². The number of hydrogen-bond acceptors (Lipinski definition) is 6. The Bertz CT molecular complexity index is 865. The lowest BCUT2D eigenvalue weighted by Gasteiger charge is -2.29. The zero-order chi connectivity index (χ0) is 19.6. The first-order chi connectivity index (χ1) is 12.7. The largest absolute Gasteiger partial charge is 0.444 e. The Hall–Kier alpha value is -2.77. The summed E-state index contributed by atoms with van der Waals surface area (Å²) in [4.78, 5) is 25.6. The summed E-state index contributed by atoms with van der Waals surface area (Å²) in [7, 11) is 1.54. The summed E-state index contributed by atoms with van der Waals surface area (Å²) in [5.41, 5.74) is 1.09. The average Bonchev–Trinajstić information content (AvgIpc) is 3.19. The third kappa shape index (κ3) is 4.69. The van der Waals surface area contributed by atoms with Crippen LogP contribution in [0.3, 0.4) is 0 Å². The second-order valence-corrected chi connectivity index (χ2v) is 7.73. The lowest BCUT2D eigenvalue weighted by molar-refractivity contribution is 0.0235. The summed E-state index contributed by atoms with van der Waals surface area (Å²) >= 11 is 0. The second kappa shape index (κ2) is 7.46. The van der Waals surface area contributed by atoms with E-state index in [2.05, 4.69) is 10.4 Å². The smallest absolute Gasteiger partial charge is 0.437 e. The molecular formula is C19H26N4O4. The van der Waals surface area contributed by atoms with Crippen LogP contribution in [0.25, 0.3) is 11.5 Å². The molecule has 1 aromatic heterocycles. The molecule has 146 valence electrons. The minimum absolute atomic E-state index is 0.0799. The molecule has 2 heterocycles. The van der Waals surface area contributed by atoms with Crippen molar-refractivity contribution in [2.45, 2.75) is 45.3 Å². The van der Waals surface area contributed by atoms with Crippen LogP contribution in [0.5, 0.6) is 0 Å². The molecule has 1 atom stereocenters. The Labute approximate surface area is 158 Å². The van der Waals surface area contributed by atoms with E-state index >= 15 is 0 Å². The van der Waals surface area contributed by atoms with Gasteiger partial charge in [0.2, 0.25) is 5.89 Å². The van der Waals surface area contributed by atoms with Crippen LogP contribution in [0.15, 0.2) is 33.5 Å². The highest BCUT2D eigenvalue weighted by Crippen LogP contribution is 2.23. The molecule has 0 saturated carbocycles. The first kappa shape index (κ1) is 19.0. The molecule has 1 amide bonds. The molecule has 1 saturated heterocycles. The van der Waals surface area contributed by atoms with Gasteiger partial charge in [0.1, 0.15) is 5.60 Å². The SMILES string of the molecule is Cn1nc(-c2cccc(NCC3CCCN3C(=O)OC(C)(C)C)c2)oc1=O. The van der Waals surface area contributed by atoms with Gasteiger partial charge in [-0.3, -0.25) is 0 Å². The summed E-state index contributed by atoms with van der Waals surface area (Å²) < 4.78 is 11.8. The Morgan fingerprint density at radius 1 is 1.41 bits per heavy atom. The van der Waals surface area contributed by atoms with Crippen molar-refractivity contribution in [1.82, 2.24) is 14.7 Å². The van der Waals surface area contributed by atoms with E-state index in [1.807, 2.05) is 45.0 Å². The van der Waals surface area contributed by atoms with E-state index in [1.54, 1.807) is 11.9 Å². The third-order valence-corrected chi connectivity index (χ3v) is 4.35. The van der Waals surface area contributed by atoms with E-state index in [0.717, 1.165) is 23.2 Å². The van der Waals surface area contributed by atoms with E-state index in [0.29, 0.717) is 18.7 Å². The number of rotatable bonds is 4. The van der Waals surface area contributed by atoms with Gasteiger partial charge in [-0.15, -0.1) is 5.10 Å². The second-order valence-electron chi connectivity index (χ2n) is 7.73. The molecule has 8 nitrogen and oxygen atoms in total. The molecule has 1 fully saturated rings. The van der Waals surface area contributed by atoms with Gasteiger partial charge in [0.15, 0.2) is 0 Å². The quantitative estimate of drug-likeness (QED) is 0.885. The fraction of sp³-hybridized carbons (Fsp3) is 0.526. The lowest BCUT2D eigenvalue weighted by Crippen LogP contribution is -2.42. The van der Waals surface area contributed by atoms with E-state index in [-0.39, 0.29) is 18.0 Å². The number of ether oxygens (including phenoxy) is 1. The van der Waals surface area contributed by atoms with Gasteiger partial charge in [-0.2, -0.15) is 4.68 Å². The molecule has 1 aliphatic heterocycles. The van der Waals surface area contributed by atoms with Gasteiger partial charge in [0, 0.05) is 31.4 Å². The molecule has 0 spiro atoms. The van der Waals surface area contributed by atoms with E-state index < -0.39 is 11.4 Å². The standard InChI is InChI=1S/C19H26N4O4/c1-19(2,3)27-18(25)23-10-6-9-15(23)12-20-14-8-5-7-13(11-14)16-21-22(4)17(24)26-16/h5,7-8,11,15,20H,6,9-10,12H2,1-4H3. The summed E-state index contributed by atoms with van der Waals surface area (Å²) in [6, 6.07) is 7.58. The molecule has 1 aromatic carbocycles. The van der Waals surface area contributed by atoms with Gasteiger partial charge in [0.05, 0.1) is 6.04 Å². The number of aromatic nitrogens is 2. The van der Waals surface area contributed by atoms with Gasteiger partial charge in [-0.1, -0.05) is 6.07 Å². The number of nitrogens with zero attached hydrogens (tertiary/aromatic N) is 3. The van der Waals surface area contributed by atoms with Gasteiger partial charge in [-0.05, 0) is 51.8 Å². The van der Waals surface area contributed by atoms with Crippen LogP contribution in [0.2, 0.25) is 0 Å². The maximum Gasteiger partial charge on any atom is 0.437 e. The van der Waals surface area contributed by atoms with Crippen LogP contribution in [0, 0.1) is 0 Å². The van der Waals surface area contributed by atoms with Gasteiger partial charge < -0.3 is 19.4 Å². The van der Waals surface area contributed by atoms with Crippen molar-refractivity contribution in [3.05, 3.63) is 34.8 Å². The number of benzene rings is 1. The zero-order valence-corrected chi connectivity index (χ0v) is 16.2. The maximum absolute atomic E-state index is 12.4.